The third-order valence-corrected chi connectivity index (χ3v) is 4.26. The molecule has 0 bridgehead atoms. The maximum atomic E-state index is 11.7. The number of nitrogens with two attached hydrogens (primary N) is 1. The Hall–Kier alpha value is -1.39. The number of hydrogen-bond acceptors (Lipinski definition) is 3. The number of fused-ring (bicyclic) bond motifs is 1. The molecule has 3 rings (SSSR count). The number of carbonyl (C=O) groups is 1. The van der Waals surface area contributed by atoms with Crippen molar-refractivity contribution in [3.8, 4) is 0 Å². The minimum atomic E-state index is 0.0457. The largest absolute Gasteiger partial charge is 0.323 e. The van der Waals surface area contributed by atoms with Crippen molar-refractivity contribution in [1.82, 2.24) is 4.90 Å². The van der Waals surface area contributed by atoms with Crippen molar-refractivity contribution in [2.45, 2.75) is 25.3 Å². The van der Waals surface area contributed by atoms with Crippen molar-refractivity contribution in [1.29, 1.82) is 0 Å². The molecular weight excluding hydrogens is 238 g/mol. The van der Waals surface area contributed by atoms with Gasteiger partial charge in [-0.05, 0) is 43.1 Å². The molecule has 0 saturated carbocycles. The standard InChI is InChI=1S/C15H21N3O/c1-17-14-5-4-11(8-12(14)9-15(17)19)13(16)10-18-6-2-3-7-18/h4-5,8,13H,2-3,6-7,9-10,16H2,1H3. The third-order valence-electron chi connectivity index (χ3n) is 4.26. The van der Waals surface area contributed by atoms with Crippen LogP contribution in [0.4, 0.5) is 5.69 Å². The van der Waals surface area contributed by atoms with Crippen LogP contribution in [0.5, 0.6) is 0 Å². The topological polar surface area (TPSA) is 49.6 Å². The molecule has 1 unspecified atom stereocenters. The number of rotatable bonds is 3. The Morgan fingerprint density at radius 2 is 2.05 bits per heavy atom. The van der Waals surface area contributed by atoms with Crippen LogP contribution in [0.25, 0.3) is 0 Å². The fraction of sp³-hybridized carbons (Fsp3) is 0.533. The van der Waals surface area contributed by atoms with E-state index >= 15 is 0 Å². The highest BCUT2D eigenvalue weighted by Gasteiger charge is 2.25. The van der Waals surface area contributed by atoms with Gasteiger partial charge in [-0.15, -0.1) is 0 Å². The van der Waals surface area contributed by atoms with Crippen molar-refractivity contribution in [2.24, 2.45) is 5.73 Å². The Morgan fingerprint density at radius 1 is 1.32 bits per heavy atom. The zero-order valence-electron chi connectivity index (χ0n) is 11.4. The minimum Gasteiger partial charge on any atom is -0.323 e. The molecule has 1 amide bonds. The zero-order chi connectivity index (χ0) is 13.4. The molecule has 19 heavy (non-hydrogen) atoms. The van der Waals surface area contributed by atoms with Crippen LogP contribution in [0, 0.1) is 0 Å². The average Bonchev–Trinajstić information content (AvgIpc) is 2.99. The van der Waals surface area contributed by atoms with E-state index < -0.39 is 0 Å². The van der Waals surface area contributed by atoms with Gasteiger partial charge in [0.2, 0.25) is 5.91 Å². The summed E-state index contributed by atoms with van der Waals surface area (Å²) in [5.74, 6) is 0.167. The molecule has 2 aliphatic rings. The molecule has 4 heteroatoms. The van der Waals surface area contributed by atoms with Gasteiger partial charge in [0, 0.05) is 25.3 Å². The van der Waals surface area contributed by atoms with Crippen molar-refractivity contribution in [3.63, 3.8) is 0 Å². The second kappa shape index (κ2) is 4.94. The van der Waals surface area contributed by atoms with Gasteiger partial charge >= 0.3 is 0 Å². The highest BCUT2D eigenvalue weighted by Crippen LogP contribution is 2.30. The van der Waals surface area contributed by atoms with Crippen LogP contribution in [0.3, 0.4) is 0 Å². The molecule has 1 aromatic carbocycles. The number of likely N-dealkylation sites (N-methyl/N-ethyl adjacent to an activating group) is 1. The van der Waals surface area contributed by atoms with Crippen LogP contribution < -0.4 is 10.6 Å². The third kappa shape index (κ3) is 2.38. The molecule has 4 nitrogen and oxygen atoms in total. The summed E-state index contributed by atoms with van der Waals surface area (Å²) in [5, 5.41) is 0. The zero-order valence-corrected chi connectivity index (χ0v) is 11.4. The molecule has 2 N–H and O–H groups in total. The first-order chi connectivity index (χ1) is 9.15. The first-order valence-corrected chi connectivity index (χ1v) is 7.02. The van der Waals surface area contributed by atoms with Crippen LogP contribution in [0.1, 0.15) is 30.0 Å². The Morgan fingerprint density at radius 3 is 2.79 bits per heavy atom. The van der Waals surface area contributed by atoms with Gasteiger partial charge < -0.3 is 15.5 Å². The van der Waals surface area contributed by atoms with Gasteiger partial charge in [0.15, 0.2) is 0 Å². The summed E-state index contributed by atoms with van der Waals surface area (Å²) >= 11 is 0. The average molecular weight is 259 g/mol. The lowest BCUT2D eigenvalue weighted by atomic mass is 10.0. The molecule has 1 atom stereocenters. The number of anilines is 1. The fourth-order valence-electron chi connectivity index (χ4n) is 3.07. The van der Waals surface area contributed by atoms with Crippen LogP contribution in [-0.4, -0.2) is 37.5 Å². The van der Waals surface area contributed by atoms with Crippen LogP contribution >= 0.6 is 0 Å². The molecule has 0 aromatic heterocycles. The summed E-state index contributed by atoms with van der Waals surface area (Å²) < 4.78 is 0. The first kappa shape index (κ1) is 12.6. The Kier molecular flexibility index (Phi) is 3.29. The smallest absolute Gasteiger partial charge is 0.231 e. The number of hydrogen-bond donors (Lipinski definition) is 1. The summed E-state index contributed by atoms with van der Waals surface area (Å²) in [7, 11) is 1.83. The molecular formula is C15H21N3O. The van der Waals surface area contributed by atoms with Gasteiger partial charge in [-0.1, -0.05) is 12.1 Å². The van der Waals surface area contributed by atoms with Crippen LogP contribution in [0.15, 0.2) is 18.2 Å². The van der Waals surface area contributed by atoms with Gasteiger partial charge in [0.1, 0.15) is 0 Å². The molecule has 0 radical (unpaired) electrons. The predicted molar refractivity (Wildman–Crippen MR) is 76.2 cm³/mol. The molecule has 102 valence electrons. The van der Waals surface area contributed by atoms with Crippen LogP contribution in [-0.2, 0) is 11.2 Å². The lowest BCUT2D eigenvalue weighted by Crippen LogP contribution is -2.29. The van der Waals surface area contributed by atoms with Crippen molar-refractivity contribution >= 4 is 11.6 Å². The highest BCUT2D eigenvalue weighted by molar-refractivity contribution is 6.00. The number of amides is 1. The second-order valence-electron chi connectivity index (χ2n) is 5.63. The number of nitrogens with zero attached hydrogens (tertiary/aromatic N) is 2. The van der Waals surface area contributed by atoms with E-state index in [1.807, 2.05) is 13.1 Å². The van der Waals surface area contributed by atoms with Gasteiger partial charge in [-0.25, -0.2) is 0 Å². The molecule has 0 aliphatic carbocycles. The first-order valence-electron chi connectivity index (χ1n) is 7.02. The lowest BCUT2D eigenvalue weighted by Gasteiger charge is -2.21. The number of likely N-dealkylation sites (tertiary alicyclic amines) is 1. The molecule has 2 aliphatic heterocycles. The van der Waals surface area contributed by atoms with Gasteiger partial charge in [0.05, 0.1) is 6.42 Å². The van der Waals surface area contributed by atoms with Crippen LogP contribution in [0.2, 0.25) is 0 Å². The van der Waals surface area contributed by atoms with E-state index in [1.54, 1.807) is 4.90 Å². The van der Waals surface area contributed by atoms with E-state index in [-0.39, 0.29) is 11.9 Å². The van der Waals surface area contributed by atoms with Gasteiger partial charge in [-0.3, -0.25) is 4.79 Å². The van der Waals surface area contributed by atoms with E-state index in [0.29, 0.717) is 6.42 Å². The number of carbonyl (C=O) groups excluding carboxylic acids is 1. The summed E-state index contributed by atoms with van der Waals surface area (Å²) in [6, 6.07) is 6.25. The fourth-order valence-corrected chi connectivity index (χ4v) is 3.07. The molecule has 2 heterocycles. The number of benzene rings is 1. The van der Waals surface area contributed by atoms with E-state index in [4.69, 9.17) is 5.73 Å². The maximum Gasteiger partial charge on any atom is 0.231 e. The maximum absolute atomic E-state index is 11.7. The highest BCUT2D eigenvalue weighted by atomic mass is 16.2. The Labute approximate surface area is 114 Å². The molecule has 0 spiro atoms. The van der Waals surface area contributed by atoms with Crippen molar-refractivity contribution in [3.05, 3.63) is 29.3 Å². The molecule has 1 fully saturated rings. The minimum absolute atomic E-state index is 0.0457. The molecule has 1 saturated heterocycles. The summed E-state index contributed by atoms with van der Waals surface area (Å²) in [4.78, 5) is 15.8. The second-order valence-corrected chi connectivity index (χ2v) is 5.63. The van der Waals surface area contributed by atoms with E-state index in [0.717, 1.165) is 23.4 Å². The monoisotopic (exact) mass is 259 g/mol. The SMILES string of the molecule is CN1C(=O)Cc2cc(C(N)CN3CCCC3)ccc21. The Balaban J connectivity index is 1.75. The van der Waals surface area contributed by atoms with E-state index in [2.05, 4.69) is 17.0 Å². The van der Waals surface area contributed by atoms with Crippen molar-refractivity contribution in [2.75, 3.05) is 31.6 Å². The summed E-state index contributed by atoms with van der Waals surface area (Å²) in [6.07, 6.45) is 3.09. The van der Waals surface area contributed by atoms with E-state index in [9.17, 15) is 4.79 Å². The predicted octanol–water partition coefficient (Wildman–Crippen LogP) is 1.30. The van der Waals surface area contributed by atoms with Gasteiger partial charge in [-0.2, -0.15) is 0 Å². The summed E-state index contributed by atoms with van der Waals surface area (Å²) in [5.41, 5.74) is 9.59. The van der Waals surface area contributed by atoms with E-state index in [1.165, 1.54) is 25.9 Å². The summed E-state index contributed by atoms with van der Waals surface area (Å²) in [6.45, 7) is 3.25. The lowest BCUT2D eigenvalue weighted by molar-refractivity contribution is -0.117. The Bertz CT molecular complexity index is 494. The van der Waals surface area contributed by atoms with Crippen molar-refractivity contribution < 1.29 is 4.79 Å². The quantitative estimate of drug-likeness (QED) is 0.890. The normalized spacial score (nSPS) is 20.9. The van der Waals surface area contributed by atoms with Gasteiger partial charge in [0.25, 0.3) is 0 Å². The molecule has 1 aromatic rings.